The molecule has 16 heavy (non-hydrogen) atoms. The molecule has 0 bridgehead atoms. The third kappa shape index (κ3) is 3.17. The molecule has 1 aromatic heterocycles. The van der Waals surface area contributed by atoms with E-state index in [9.17, 15) is 0 Å². The molecule has 0 aliphatic carbocycles. The highest BCUT2D eigenvalue weighted by molar-refractivity contribution is 5.19. The molecule has 1 rings (SSSR count). The van der Waals surface area contributed by atoms with Gasteiger partial charge in [0.25, 0.3) is 0 Å². The smallest absolute Gasteiger partial charge is 0.317 e. The molecule has 5 heteroatoms. The van der Waals surface area contributed by atoms with Crippen molar-refractivity contribution in [2.75, 3.05) is 20.7 Å². The zero-order valence-electron chi connectivity index (χ0n) is 10.1. The van der Waals surface area contributed by atoms with Crippen molar-refractivity contribution in [2.24, 2.45) is 0 Å². The number of hydrogen-bond donors (Lipinski definition) is 0. The number of hydrogen-bond acceptors (Lipinski definition) is 5. The highest BCUT2D eigenvalue weighted by Crippen LogP contribution is 2.12. The highest BCUT2D eigenvalue weighted by Gasteiger charge is 2.21. The second-order valence-corrected chi connectivity index (χ2v) is 4.33. The Kier molecular flexibility index (Phi) is 3.80. The monoisotopic (exact) mass is 220 g/mol. The maximum atomic E-state index is 8.67. The lowest BCUT2D eigenvalue weighted by molar-refractivity contribution is 0.108. The Morgan fingerprint density at radius 2 is 2.19 bits per heavy atom. The molecule has 5 nitrogen and oxygen atoms in total. The van der Waals surface area contributed by atoms with Crippen LogP contribution in [0, 0.1) is 11.3 Å². The topological polar surface area (TPSA) is 62.0 Å². The minimum atomic E-state index is -0.105. The zero-order valence-corrected chi connectivity index (χ0v) is 10.1. The molecule has 86 valence electrons. The summed E-state index contributed by atoms with van der Waals surface area (Å²) in [5.74, 6) is 0. The van der Waals surface area contributed by atoms with Crippen molar-refractivity contribution in [3.05, 3.63) is 18.0 Å². The molecule has 0 aliphatic rings. The lowest BCUT2D eigenvalue weighted by atomic mass is 10.1. The van der Waals surface area contributed by atoms with Gasteiger partial charge in [-0.05, 0) is 34.0 Å². The van der Waals surface area contributed by atoms with E-state index >= 15 is 0 Å². The molecular formula is C11H16N4O. The second kappa shape index (κ2) is 4.90. The molecule has 0 N–H and O–H groups in total. The first-order valence-electron chi connectivity index (χ1n) is 4.99. The molecule has 0 atom stereocenters. The average molecular weight is 220 g/mol. The van der Waals surface area contributed by atoms with Crippen molar-refractivity contribution in [1.82, 2.24) is 14.9 Å². The van der Waals surface area contributed by atoms with Crippen molar-refractivity contribution in [1.29, 1.82) is 5.26 Å². The number of aromatic nitrogens is 2. The largest absolute Gasteiger partial charge is 0.461 e. The molecule has 0 aliphatic heterocycles. The van der Waals surface area contributed by atoms with E-state index in [0.29, 0.717) is 12.3 Å². The Balaban J connectivity index is 2.65. The van der Waals surface area contributed by atoms with E-state index in [4.69, 9.17) is 10.00 Å². The number of ether oxygens (including phenoxy) is 1. The SMILES string of the molecule is CN(C)C(C)(C)COc1nccc(C#N)n1. The van der Waals surface area contributed by atoms with Gasteiger partial charge in [0.05, 0.1) is 0 Å². The number of nitriles is 1. The zero-order chi connectivity index (χ0) is 12.2. The van der Waals surface area contributed by atoms with E-state index in [-0.39, 0.29) is 11.5 Å². The number of likely N-dealkylation sites (N-methyl/N-ethyl adjacent to an activating group) is 1. The van der Waals surface area contributed by atoms with Gasteiger partial charge in [-0.2, -0.15) is 10.2 Å². The van der Waals surface area contributed by atoms with Crippen molar-refractivity contribution < 1.29 is 4.74 Å². The van der Waals surface area contributed by atoms with Crippen LogP contribution in [0.2, 0.25) is 0 Å². The summed E-state index contributed by atoms with van der Waals surface area (Å²) >= 11 is 0. The maximum absolute atomic E-state index is 8.67. The van der Waals surface area contributed by atoms with E-state index in [1.807, 2.05) is 20.2 Å². The van der Waals surface area contributed by atoms with Crippen molar-refractivity contribution >= 4 is 0 Å². The van der Waals surface area contributed by atoms with Crippen LogP contribution in [-0.2, 0) is 0 Å². The Morgan fingerprint density at radius 1 is 1.50 bits per heavy atom. The first-order chi connectivity index (χ1) is 7.45. The lowest BCUT2D eigenvalue weighted by Crippen LogP contribution is -2.43. The fourth-order valence-electron chi connectivity index (χ4n) is 0.843. The summed E-state index contributed by atoms with van der Waals surface area (Å²) in [6.07, 6.45) is 1.52. The second-order valence-electron chi connectivity index (χ2n) is 4.33. The van der Waals surface area contributed by atoms with Gasteiger partial charge in [0.15, 0.2) is 0 Å². The van der Waals surface area contributed by atoms with Crippen LogP contribution in [0.25, 0.3) is 0 Å². The molecule has 0 unspecified atom stereocenters. The van der Waals surface area contributed by atoms with Gasteiger partial charge in [-0.3, -0.25) is 0 Å². The van der Waals surface area contributed by atoms with Gasteiger partial charge >= 0.3 is 6.01 Å². The molecule has 0 radical (unpaired) electrons. The third-order valence-electron chi connectivity index (χ3n) is 2.51. The molecule has 1 heterocycles. The van der Waals surface area contributed by atoms with Crippen LogP contribution < -0.4 is 4.74 Å². The molecule has 1 aromatic rings. The van der Waals surface area contributed by atoms with E-state index < -0.39 is 0 Å². The van der Waals surface area contributed by atoms with E-state index in [1.165, 1.54) is 6.20 Å². The Bertz CT molecular complexity index is 395. The van der Waals surface area contributed by atoms with Crippen molar-refractivity contribution in [3.8, 4) is 12.1 Å². The first-order valence-corrected chi connectivity index (χ1v) is 4.99. The molecular weight excluding hydrogens is 204 g/mol. The minimum Gasteiger partial charge on any atom is -0.461 e. The quantitative estimate of drug-likeness (QED) is 0.759. The Morgan fingerprint density at radius 3 is 2.75 bits per heavy atom. The van der Waals surface area contributed by atoms with E-state index in [0.717, 1.165) is 0 Å². The highest BCUT2D eigenvalue weighted by atomic mass is 16.5. The van der Waals surface area contributed by atoms with Gasteiger partial charge in [-0.25, -0.2) is 4.98 Å². The third-order valence-corrected chi connectivity index (χ3v) is 2.51. The van der Waals surface area contributed by atoms with Crippen LogP contribution in [0.3, 0.4) is 0 Å². The van der Waals surface area contributed by atoms with Crippen LogP contribution in [0.15, 0.2) is 12.3 Å². The van der Waals surface area contributed by atoms with Crippen LogP contribution in [0.5, 0.6) is 6.01 Å². The first kappa shape index (κ1) is 12.4. The van der Waals surface area contributed by atoms with Gasteiger partial charge in [0.2, 0.25) is 0 Å². The standard InChI is InChI=1S/C11H16N4O/c1-11(2,15(3)4)8-16-10-13-6-5-9(7-12)14-10/h5-6H,8H2,1-4H3. The molecule has 0 spiro atoms. The summed E-state index contributed by atoms with van der Waals surface area (Å²) in [4.78, 5) is 9.94. The summed E-state index contributed by atoms with van der Waals surface area (Å²) in [6, 6.07) is 3.74. The van der Waals surface area contributed by atoms with Crippen LogP contribution in [-0.4, -0.2) is 41.1 Å². The fraction of sp³-hybridized carbons (Fsp3) is 0.545. The van der Waals surface area contributed by atoms with Gasteiger partial charge < -0.3 is 9.64 Å². The summed E-state index contributed by atoms with van der Waals surface area (Å²) in [5, 5.41) is 8.67. The van der Waals surface area contributed by atoms with Crippen molar-refractivity contribution in [3.63, 3.8) is 0 Å². The van der Waals surface area contributed by atoms with Crippen LogP contribution in [0.1, 0.15) is 19.5 Å². The molecule has 0 saturated heterocycles. The summed E-state index contributed by atoms with van der Waals surface area (Å²) < 4.78 is 5.46. The van der Waals surface area contributed by atoms with Crippen LogP contribution >= 0.6 is 0 Å². The number of rotatable bonds is 4. The summed E-state index contributed by atoms with van der Waals surface area (Å²) in [6.45, 7) is 4.58. The van der Waals surface area contributed by atoms with E-state index in [1.54, 1.807) is 6.07 Å². The normalized spacial score (nSPS) is 11.2. The number of nitrogens with zero attached hydrogens (tertiary/aromatic N) is 4. The average Bonchev–Trinajstić information content (AvgIpc) is 2.26. The van der Waals surface area contributed by atoms with Gasteiger partial charge in [-0.15, -0.1) is 0 Å². The fourth-order valence-corrected chi connectivity index (χ4v) is 0.843. The van der Waals surface area contributed by atoms with E-state index in [2.05, 4.69) is 28.7 Å². The van der Waals surface area contributed by atoms with Gasteiger partial charge in [-0.1, -0.05) is 0 Å². The molecule has 0 fully saturated rings. The molecule has 0 amide bonds. The van der Waals surface area contributed by atoms with Gasteiger partial charge in [0, 0.05) is 11.7 Å². The minimum absolute atomic E-state index is 0.105. The Labute approximate surface area is 95.7 Å². The predicted octanol–water partition coefficient (Wildman–Crippen LogP) is 1.07. The van der Waals surface area contributed by atoms with Crippen LogP contribution in [0.4, 0.5) is 0 Å². The molecule has 0 aromatic carbocycles. The predicted molar refractivity (Wildman–Crippen MR) is 60.0 cm³/mol. The summed E-state index contributed by atoms with van der Waals surface area (Å²) in [5.41, 5.74) is 0.207. The van der Waals surface area contributed by atoms with Gasteiger partial charge in [0.1, 0.15) is 18.4 Å². The molecule has 0 saturated carbocycles. The lowest BCUT2D eigenvalue weighted by Gasteiger charge is -2.31. The summed E-state index contributed by atoms with van der Waals surface area (Å²) in [7, 11) is 3.96. The maximum Gasteiger partial charge on any atom is 0.317 e. The Hall–Kier alpha value is -1.67. The van der Waals surface area contributed by atoms with Crippen molar-refractivity contribution in [2.45, 2.75) is 19.4 Å².